The molecule has 2 N–H and O–H groups in total. The first-order chi connectivity index (χ1) is 11.9. The molecule has 2 amide bonds. The number of nitrogens with zero attached hydrogens (tertiary/aromatic N) is 1. The van der Waals surface area contributed by atoms with Gasteiger partial charge in [-0.2, -0.15) is 0 Å². The van der Waals surface area contributed by atoms with E-state index in [1.807, 2.05) is 0 Å². The lowest BCUT2D eigenvalue weighted by atomic mass is 10.2. The summed E-state index contributed by atoms with van der Waals surface area (Å²) in [5.74, 6) is -0.794. The summed E-state index contributed by atoms with van der Waals surface area (Å²) < 4.78 is 25.9. The number of benzene rings is 1. The van der Waals surface area contributed by atoms with Gasteiger partial charge in [0.2, 0.25) is 5.91 Å². The lowest BCUT2D eigenvalue weighted by Gasteiger charge is -2.15. The number of hydrazine groups is 1. The number of hydrogen-bond acceptors (Lipinski definition) is 5. The highest BCUT2D eigenvalue weighted by Gasteiger charge is 2.21. The van der Waals surface area contributed by atoms with Crippen LogP contribution in [0.1, 0.15) is 23.2 Å². The third-order valence-corrected chi connectivity index (χ3v) is 6.62. The summed E-state index contributed by atoms with van der Waals surface area (Å²) >= 11 is 1.15. The van der Waals surface area contributed by atoms with Crippen molar-refractivity contribution in [2.45, 2.75) is 17.1 Å². The van der Waals surface area contributed by atoms with Crippen molar-refractivity contribution in [2.24, 2.45) is 0 Å². The Balaban J connectivity index is 1.73. The van der Waals surface area contributed by atoms with Gasteiger partial charge < -0.3 is 0 Å². The fourth-order valence-electron chi connectivity index (χ4n) is 2.00. The van der Waals surface area contributed by atoms with Crippen LogP contribution < -0.4 is 10.9 Å². The van der Waals surface area contributed by atoms with E-state index in [1.165, 1.54) is 11.4 Å². The van der Waals surface area contributed by atoms with Crippen LogP contribution in [0.25, 0.3) is 0 Å². The molecule has 0 atom stereocenters. The first-order valence-corrected chi connectivity index (χ1v) is 9.87. The van der Waals surface area contributed by atoms with Crippen LogP contribution in [0, 0.1) is 0 Å². The zero-order chi connectivity index (χ0) is 18.3. The zero-order valence-corrected chi connectivity index (χ0v) is 15.3. The molecule has 0 saturated heterocycles. The normalized spacial score (nSPS) is 11.3. The van der Waals surface area contributed by atoms with Crippen LogP contribution in [-0.4, -0.2) is 38.1 Å². The summed E-state index contributed by atoms with van der Waals surface area (Å²) in [6.45, 7) is 0.209. The maximum absolute atomic E-state index is 12.2. The van der Waals surface area contributed by atoms with Gasteiger partial charge in [0.1, 0.15) is 4.21 Å². The third kappa shape index (κ3) is 5.38. The molecule has 9 heteroatoms. The first-order valence-electron chi connectivity index (χ1n) is 7.55. The van der Waals surface area contributed by atoms with Crippen LogP contribution in [0.2, 0.25) is 0 Å². The van der Waals surface area contributed by atoms with E-state index in [1.54, 1.807) is 47.8 Å². The molecule has 1 heterocycles. The molecule has 2 aromatic rings. The molecule has 25 heavy (non-hydrogen) atoms. The number of carbonyl (C=O) groups excluding carboxylic acids is 2. The Bertz CT molecular complexity index is 805. The van der Waals surface area contributed by atoms with Gasteiger partial charge in [0.15, 0.2) is 0 Å². The number of amides is 2. The molecule has 0 aliphatic heterocycles. The van der Waals surface area contributed by atoms with E-state index in [-0.39, 0.29) is 23.1 Å². The smallest absolute Gasteiger partial charge is 0.269 e. The van der Waals surface area contributed by atoms with E-state index >= 15 is 0 Å². The highest BCUT2D eigenvalue weighted by Crippen LogP contribution is 2.19. The van der Waals surface area contributed by atoms with Crippen LogP contribution in [0.4, 0.5) is 0 Å². The Morgan fingerprint density at radius 1 is 1.08 bits per heavy atom. The van der Waals surface area contributed by atoms with Gasteiger partial charge in [0.05, 0.1) is 0 Å². The van der Waals surface area contributed by atoms with Crippen molar-refractivity contribution in [3.63, 3.8) is 0 Å². The van der Waals surface area contributed by atoms with E-state index < -0.39 is 15.9 Å². The standard InChI is InChI=1S/C16H19N3O4S2/c1-19(25(22,23)15-10-6-12-24-15)11-5-9-14(20)17-18-16(21)13-7-3-2-4-8-13/h2-4,6-8,10,12H,5,9,11H2,1H3,(H,17,20)(H,18,21). The van der Waals surface area contributed by atoms with Gasteiger partial charge in [-0.05, 0) is 30.0 Å². The average molecular weight is 381 g/mol. The van der Waals surface area contributed by atoms with Crippen molar-refractivity contribution in [3.8, 4) is 0 Å². The van der Waals surface area contributed by atoms with Crippen molar-refractivity contribution < 1.29 is 18.0 Å². The van der Waals surface area contributed by atoms with E-state index in [4.69, 9.17) is 0 Å². The van der Waals surface area contributed by atoms with E-state index in [0.717, 1.165) is 11.3 Å². The minimum absolute atomic E-state index is 0.0966. The van der Waals surface area contributed by atoms with Gasteiger partial charge >= 0.3 is 0 Å². The van der Waals surface area contributed by atoms with Crippen molar-refractivity contribution in [1.29, 1.82) is 0 Å². The zero-order valence-electron chi connectivity index (χ0n) is 13.6. The molecule has 0 bridgehead atoms. The van der Waals surface area contributed by atoms with E-state index in [9.17, 15) is 18.0 Å². The molecule has 0 fully saturated rings. The van der Waals surface area contributed by atoms with Crippen molar-refractivity contribution >= 4 is 33.2 Å². The number of carbonyl (C=O) groups is 2. The molecule has 0 spiro atoms. The van der Waals surface area contributed by atoms with Gasteiger partial charge in [0.25, 0.3) is 15.9 Å². The monoisotopic (exact) mass is 381 g/mol. The minimum Gasteiger partial charge on any atom is -0.273 e. The molecule has 7 nitrogen and oxygen atoms in total. The van der Waals surface area contributed by atoms with Crippen molar-refractivity contribution in [2.75, 3.05) is 13.6 Å². The quantitative estimate of drug-likeness (QED) is 0.712. The Morgan fingerprint density at radius 3 is 2.44 bits per heavy atom. The molecular weight excluding hydrogens is 362 g/mol. The molecular formula is C16H19N3O4S2. The largest absolute Gasteiger partial charge is 0.273 e. The van der Waals surface area contributed by atoms with Gasteiger partial charge in [-0.1, -0.05) is 24.3 Å². The molecule has 134 valence electrons. The van der Waals surface area contributed by atoms with Gasteiger partial charge in [-0.15, -0.1) is 11.3 Å². The lowest BCUT2D eigenvalue weighted by Crippen LogP contribution is -2.41. The first kappa shape index (κ1) is 19.1. The van der Waals surface area contributed by atoms with Crippen molar-refractivity contribution in [3.05, 3.63) is 53.4 Å². The Labute approximate surface area is 150 Å². The highest BCUT2D eigenvalue weighted by atomic mass is 32.2. The molecule has 0 radical (unpaired) electrons. The predicted octanol–water partition coefficient (Wildman–Crippen LogP) is 1.61. The number of thiophene rings is 1. The Hall–Kier alpha value is -2.23. The third-order valence-electron chi connectivity index (χ3n) is 3.39. The van der Waals surface area contributed by atoms with Crippen LogP contribution >= 0.6 is 11.3 Å². The second kappa shape index (κ2) is 8.75. The van der Waals surface area contributed by atoms with Crippen LogP contribution in [-0.2, 0) is 14.8 Å². The predicted molar refractivity (Wildman–Crippen MR) is 95.4 cm³/mol. The van der Waals surface area contributed by atoms with Crippen molar-refractivity contribution in [1.82, 2.24) is 15.2 Å². The molecule has 0 unspecified atom stereocenters. The van der Waals surface area contributed by atoms with Gasteiger partial charge in [-0.25, -0.2) is 12.7 Å². The van der Waals surface area contributed by atoms with Crippen LogP contribution in [0.15, 0.2) is 52.1 Å². The summed E-state index contributed by atoms with van der Waals surface area (Å²) in [6.07, 6.45) is 0.438. The summed E-state index contributed by atoms with van der Waals surface area (Å²) in [5, 5.41) is 1.70. The van der Waals surface area contributed by atoms with Gasteiger partial charge in [0, 0.05) is 25.6 Å². The molecule has 0 aliphatic rings. The highest BCUT2D eigenvalue weighted by molar-refractivity contribution is 7.91. The summed E-state index contributed by atoms with van der Waals surface area (Å²) in [4.78, 5) is 23.5. The fourth-order valence-corrected chi connectivity index (χ4v) is 4.41. The topological polar surface area (TPSA) is 95.6 Å². The lowest BCUT2D eigenvalue weighted by molar-refractivity contribution is -0.122. The van der Waals surface area contributed by atoms with Gasteiger partial charge in [-0.3, -0.25) is 20.4 Å². The molecule has 0 aliphatic carbocycles. The van der Waals surface area contributed by atoms with Crippen LogP contribution in [0.3, 0.4) is 0 Å². The molecule has 0 saturated carbocycles. The second-order valence-corrected chi connectivity index (χ2v) is 8.45. The number of rotatable bonds is 7. The Morgan fingerprint density at radius 2 is 1.80 bits per heavy atom. The Kier molecular flexibility index (Phi) is 6.68. The number of nitrogens with one attached hydrogen (secondary N) is 2. The van der Waals surface area contributed by atoms with E-state index in [0.29, 0.717) is 12.0 Å². The maximum atomic E-state index is 12.2. The maximum Gasteiger partial charge on any atom is 0.269 e. The molecule has 1 aromatic heterocycles. The summed E-state index contributed by atoms with van der Waals surface area (Å²) in [5.41, 5.74) is 5.07. The van der Waals surface area contributed by atoms with Crippen LogP contribution in [0.5, 0.6) is 0 Å². The number of sulfonamides is 1. The SMILES string of the molecule is CN(CCCC(=O)NNC(=O)c1ccccc1)S(=O)(=O)c1cccs1. The van der Waals surface area contributed by atoms with E-state index in [2.05, 4.69) is 10.9 Å². The minimum atomic E-state index is -3.50. The summed E-state index contributed by atoms with van der Waals surface area (Å²) in [6, 6.07) is 11.7. The molecule has 1 aromatic carbocycles. The average Bonchev–Trinajstić information content (AvgIpc) is 3.15. The second-order valence-electron chi connectivity index (χ2n) is 5.23. The fraction of sp³-hybridized carbons (Fsp3) is 0.250. The molecule has 2 rings (SSSR count). The summed E-state index contributed by atoms with van der Waals surface area (Å²) in [7, 11) is -2.03. The number of hydrogen-bond donors (Lipinski definition) is 2.